The molecule has 4 rings (SSSR count). The lowest BCUT2D eigenvalue weighted by Crippen LogP contribution is -2.64. The molecule has 8 nitrogen and oxygen atoms in total. The monoisotopic (exact) mass is 591 g/mol. The summed E-state index contributed by atoms with van der Waals surface area (Å²) in [5, 5.41) is 3.05. The number of halogens is 1. The summed E-state index contributed by atoms with van der Waals surface area (Å²) in [6.07, 6.45) is 0.913. The molecule has 2 fully saturated rings. The molecule has 40 heavy (non-hydrogen) atoms. The summed E-state index contributed by atoms with van der Waals surface area (Å²) < 4.78 is 41.2. The van der Waals surface area contributed by atoms with Crippen LogP contribution in [-0.2, 0) is 25.9 Å². The van der Waals surface area contributed by atoms with Gasteiger partial charge in [0.15, 0.2) is 6.35 Å². The lowest BCUT2D eigenvalue weighted by Gasteiger charge is -2.43. The van der Waals surface area contributed by atoms with Gasteiger partial charge in [0.1, 0.15) is 10.9 Å². The Labute approximate surface area is 243 Å². The maximum atomic E-state index is 13.4. The molecule has 2 aliphatic heterocycles. The molecule has 10 heteroatoms. The zero-order chi connectivity index (χ0) is 29.3. The van der Waals surface area contributed by atoms with Crippen LogP contribution in [0.1, 0.15) is 83.0 Å². The third-order valence-electron chi connectivity index (χ3n) is 7.63. The van der Waals surface area contributed by atoms with E-state index in [1.165, 1.54) is 5.56 Å². The number of sulfonamides is 1. The minimum atomic E-state index is -3.69. The van der Waals surface area contributed by atoms with Gasteiger partial charge in [0.05, 0.1) is 5.60 Å². The third kappa shape index (κ3) is 7.56. The van der Waals surface area contributed by atoms with E-state index in [2.05, 4.69) is 22.2 Å². The molecule has 0 aliphatic carbocycles. The van der Waals surface area contributed by atoms with Gasteiger partial charge in [-0.05, 0) is 89.5 Å². The lowest BCUT2D eigenvalue weighted by molar-refractivity contribution is -0.106. The first-order valence-electron chi connectivity index (χ1n) is 13.9. The molecule has 2 N–H and O–H groups in total. The van der Waals surface area contributed by atoms with E-state index in [1.807, 2.05) is 71.9 Å². The summed E-state index contributed by atoms with van der Waals surface area (Å²) in [4.78, 5) is 14.2. The lowest BCUT2D eigenvalue weighted by atomic mass is 9.88. The number of hydrogen-bond acceptors (Lipinski definition) is 6. The van der Waals surface area contributed by atoms with E-state index < -0.39 is 32.8 Å². The van der Waals surface area contributed by atoms with Crippen LogP contribution in [0.15, 0.2) is 48.5 Å². The molecule has 0 saturated carbocycles. The van der Waals surface area contributed by atoms with Crippen LogP contribution in [0.25, 0.3) is 0 Å². The smallest absolute Gasteiger partial charge is 0.410 e. The van der Waals surface area contributed by atoms with Gasteiger partial charge in [-0.25, -0.2) is 13.2 Å². The van der Waals surface area contributed by atoms with Crippen molar-refractivity contribution in [3.63, 3.8) is 0 Å². The maximum Gasteiger partial charge on any atom is 0.410 e. The molecular formula is C30H42ClN3O5S. The van der Waals surface area contributed by atoms with Crippen LogP contribution in [0.4, 0.5) is 4.79 Å². The van der Waals surface area contributed by atoms with Gasteiger partial charge in [0.2, 0.25) is 10.0 Å². The van der Waals surface area contributed by atoms with E-state index in [-0.39, 0.29) is 12.1 Å². The number of amides is 1. The molecule has 0 radical (unpaired) electrons. The molecule has 2 aromatic rings. The fraction of sp³-hybridized carbons (Fsp3) is 0.567. The number of benzene rings is 2. The van der Waals surface area contributed by atoms with E-state index in [4.69, 9.17) is 21.1 Å². The Balaban J connectivity index is 1.36. The molecule has 3 atom stereocenters. The summed E-state index contributed by atoms with van der Waals surface area (Å²) in [5.41, 5.74) is 1.55. The van der Waals surface area contributed by atoms with Gasteiger partial charge >= 0.3 is 6.09 Å². The number of rotatable bonds is 6. The molecule has 2 aliphatic rings. The summed E-state index contributed by atoms with van der Waals surface area (Å²) in [6.45, 7) is 12.5. The van der Waals surface area contributed by atoms with Gasteiger partial charge in [0.25, 0.3) is 0 Å². The number of piperidine rings is 1. The Morgan fingerprint density at radius 3 is 2.35 bits per heavy atom. The van der Waals surface area contributed by atoms with Crippen molar-refractivity contribution < 1.29 is 22.7 Å². The van der Waals surface area contributed by atoms with Crippen LogP contribution < -0.4 is 10.0 Å². The highest BCUT2D eigenvalue weighted by molar-refractivity contribution is 7.90. The number of nitrogens with zero attached hydrogens (tertiary/aromatic N) is 1. The molecule has 0 spiro atoms. The number of carbonyl (C=O) groups is 1. The van der Waals surface area contributed by atoms with Crippen molar-refractivity contribution in [3.8, 4) is 0 Å². The van der Waals surface area contributed by atoms with Crippen LogP contribution >= 0.6 is 11.6 Å². The van der Waals surface area contributed by atoms with Crippen LogP contribution in [0.5, 0.6) is 0 Å². The molecule has 2 aromatic carbocycles. The minimum Gasteiger partial charge on any atom is -0.444 e. The van der Waals surface area contributed by atoms with Gasteiger partial charge in [-0.2, -0.15) is 4.72 Å². The average molecular weight is 592 g/mol. The average Bonchev–Trinajstić information content (AvgIpc) is 2.85. The number of ether oxygens (including phenoxy) is 2. The SMILES string of the molecule is C[C@H](NC1NS(=O)(=O)C(Cc2ccc(C3CCN(C(=O)OC(C)(C)C)CC3)cc2)C(C)(C)O1)c1ccccc1Cl. The number of likely N-dealkylation sites (tertiary alicyclic amines) is 1. The van der Waals surface area contributed by atoms with Gasteiger partial charge in [-0.3, -0.25) is 5.32 Å². The molecule has 0 bridgehead atoms. The van der Waals surface area contributed by atoms with Gasteiger partial charge in [-0.1, -0.05) is 54.1 Å². The van der Waals surface area contributed by atoms with Gasteiger partial charge in [-0.15, -0.1) is 0 Å². The van der Waals surface area contributed by atoms with Crippen molar-refractivity contribution in [2.45, 2.75) is 95.6 Å². The van der Waals surface area contributed by atoms with Crippen molar-refractivity contribution in [3.05, 3.63) is 70.2 Å². The molecule has 220 valence electrons. The number of carbonyl (C=O) groups excluding carboxylic acids is 1. The maximum absolute atomic E-state index is 13.4. The summed E-state index contributed by atoms with van der Waals surface area (Å²) >= 11 is 6.32. The quantitative estimate of drug-likeness (QED) is 0.445. The summed E-state index contributed by atoms with van der Waals surface area (Å²) in [6, 6.07) is 15.4. The highest BCUT2D eigenvalue weighted by Crippen LogP contribution is 2.33. The topological polar surface area (TPSA) is 97.0 Å². The van der Waals surface area contributed by atoms with Crippen molar-refractivity contribution in [2.24, 2.45) is 0 Å². The first kappa shape index (κ1) is 30.8. The highest BCUT2D eigenvalue weighted by Gasteiger charge is 2.47. The Kier molecular flexibility index (Phi) is 9.22. The highest BCUT2D eigenvalue weighted by atomic mass is 35.5. The fourth-order valence-electron chi connectivity index (χ4n) is 5.44. The first-order valence-corrected chi connectivity index (χ1v) is 15.8. The third-order valence-corrected chi connectivity index (χ3v) is 10.0. The van der Waals surface area contributed by atoms with E-state index in [0.717, 1.165) is 24.0 Å². The Bertz CT molecular complexity index is 1290. The molecule has 2 unspecified atom stereocenters. The fourth-order valence-corrected chi connectivity index (χ4v) is 7.53. The first-order chi connectivity index (χ1) is 18.6. The zero-order valence-electron chi connectivity index (χ0n) is 24.2. The van der Waals surface area contributed by atoms with Gasteiger partial charge in [0, 0.05) is 24.2 Å². The Hall–Kier alpha value is -2.17. The van der Waals surface area contributed by atoms with Crippen molar-refractivity contribution in [1.29, 1.82) is 0 Å². The molecule has 1 amide bonds. The second kappa shape index (κ2) is 12.0. The second-order valence-electron chi connectivity index (χ2n) is 12.4. The number of hydrogen-bond donors (Lipinski definition) is 2. The number of nitrogens with one attached hydrogen (secondary N) is 2. The van der Waals surface area contributed by atoms with Crippen molar-refractivity contribution in [1.82, 2.24) is 14.9 Å². The largest absolute Gasteiger partial charge is 0.444 e. The standard InChI is InChI=1S/C30H42ClN3O5S/c1-20(24-9-7-8-10-25(24)31)32-27-33-40(36,37)26(30(5,6)38-27)19-21-11-13-22(14-12-21)23-15-17-34(18-16-23)28(35)39-29(2,3)4/h7-14,20,23,26-27,32-33H,15-19H2,1-6H3/t20-,26?,27?/m0/s1. The molecule has 0 aromatic heterocycles. The Morgan fingerprint density at radius 1 is 1.15 bits per heavy atom. The molecule has 2 saturated heterocycles. The molecule has 2 heterocycles. The van der Waals surface area contributed by atoms with Crippen LogP contribution in [0.3, 0.4) is 0 Å². The van der Waals surface area contributed by atoms with Crippen molar-refractivity contribution >= 4 is 27.7 Å². The van der Waals surface area contributed by atoms with E-state index >= 15 is 0 Å². The van der Waals surface area contributed by atoms with E-state index in [9.17, 15) is 13.2 Å². The Morgan fingerprint density at radius 2 is 1.77 bits per heavy atom. The van der Waals surface area contributed by atoms with Gasteiger partial charge < -0.3 is 14.4 Å². The molecular weight excluding hydrogens is 550 g/mol. The van der Waals surface area contributed by atoms with Crippen LogP contribution in [-0.4, -0.2) is 55.3 Å². The minimum absolute atomic E-state index is 0.225. The predicted molar refractivity (Wildman–Crippen MR) is 158 cm³/mol. The summed E-state index contributed by atoms with van der Waals surface area (Å²) in [7, 11) is -3.69. The van der Waals surface area contributed by atoms with Crippen LogP contribution in [0, 0.1) is 0 Å². The van der Waals surface area contributed by atoms with E-state index in [0.29, 0.717) is 30.5 Å². The predicted octanol–water partition coefficient (Wildman–Crippen LogP) is 5.73. The second-order valence-corrected chi connectivity index (χ2v) is 14.7. The van der Waals surface area contributed by atoms with E-state index in [1.54, 1.807) is 11.0 Å². The van der Waals surface area contributed by atoms with Crippen LogP contribution in [0.2, 0.25) is 5.02 Å². The normalized spacial score (nSPS) is 23.9. The summed E-state index contributed by atoms with van der Waals surface area (Å²) in [5.74, 6) is 0.347. The zero-order valence-corrected chi connectivity index (χ0v) is 25.8. The van der Waals surface area contributed by atoms with Crippen molar-refractivity contribution in [2.75, 3.05) is 13.1 Å².